The zero-order chi connectivity index (χ0) is 11.6. The van der Waals surface area contributed by atoms with Gasteiger partial charge in [0.05, 0.1) is 5.54 Å². The molecule has 1 aliphatic rings. The minimum Gasteiger partial charge on any atom is -0.211 e. The third-order valence-corrected chi connectivity index (χ3v) is 3.63. The average Bonchev–Trinajstić information content (AvgIpc) is 2.67. The Kier molecular flexibility index (Phi) is 3.13. The summed E-state index contributed by atoms with van der Waals surface area (Å²) in [6.07, 6.45) is 5.68. The molecule has 1 aliphatic carbocycles. The zero-order valence-electron chi connectivity index (χ0n) is 9.29. The van der Waals surface area contributed by atoms with Gasteiger partial charge in [0.25, 0.3) is 0 Å². The molecular formula is C13H14ClNO. The Morgan fingerprint density at radius 2 is 2.06 bits per heavy atom. The normalized spacial score (nSPS) is 18.1. The highest BCUT2D eigenvalue weighted by Gasteiger charge is 2.37. The van der Waals surface area contributed by atoms with E-state index in [9.17, 15) is 4.79 Å². The average molecular weight is 236 g/mol. The summed E-state index contributed by atoms with van der Waals surface area (Å²) in [7, 11) is 0. The molecule has 0 amide bonds. The summed E-state index contributed by atoms with van der Waals surface area (Å²) in [5.74, 6) is 0. The second kappa shape index (κ2) is 4.40. The van der Waals surface area contributed by atoms with Crippen LogP contribution in [0.25, 0.3) is 0 Å². The quantitative estimate of drug-likeness (QED) is 0.567. The van der Waals surface area contributed by atoms with Crippen LogP contribution in [0.5, 0.6) is 0 Å². The van der Waals surface area contributed by atoms with Gasteiger partial charge in [-0.25, -0.2) is 4.79 Å². The first-order valence-corrected chi connectivity index (χ1v) is 5.91. The van der Waals surface area contributed by atoms with E-state index in [0.717, 1.165) is 36.8 Å². The van der Waals surface area contributed by atoms with Gasteiger partial charge in [0, 0.05) is 5.02 Å². The van der Waals surface area contributed by atoms with E-state index in [0.29, 0.717) is 5.02 Å². The van der Waals surface area contributed by atoms with Gasteiger partial charge in [-0.1, -0.05) is 36.6 Å². The van der Waals surface area contributed by atoms with E-state index in [-0.39, 0.29) is 0 Å². The summed E-state index contributed by atoms with van der Waals surface area (Å²) >= 11 is 6.25. The fraction of sp³-hybridized carbons (Fsp3) is 0.462. The summed E-state index contributed by atoms with van der Waals surface area (Å²) in [5.41, 5.74) is 1.68. The molecule has 2 nitrogen and oxygen atoms in total. The monoisotopic (exact) mass is 235 g/mol. The third-order valence-electron chi connectivity index (χ3n) is 3.32. The van der Waals surface area contributed by atoms with Gasteiger partial charge in [0.1, 0.15) is 0 Å². The van der Waals surface area contributed by atoms with Crippen LogP contribution in [0, 0.1) is 6.92 Å². The highest BCUT2D eigenvalue weighted by molar-refractivity contribution is 6.31. The van der Waals surface area contributed by atoms with Crippen molar-refractivity contribution >= 4 is 17.7 Å². The number of benzene rings is 1. The van der Waals surface area contributed by atoms with Gasteiger partial charge in [0.2, 0.25) is 6.08 Å². The van der Waals surface area contributed by atoms with Crippen molar-refractivity contribution < 1.29 is 4.79 Å². The van der Waals surface area contributed by atoms with Crippen LogP contribution in [0.4, 0.5) is 0 Å². The molecule has 0 saturated heterocycles. The second-order valence-electron chi connectivity index (χ2n) is 4.43. The number of aryl methyl sites for hydroxylation is 1. The molecule has 3 heteroatoms. The number of isocyanates is 1. The predicted octanol–water partition coefficient (Wildman–Crippen LogP) is 3.75. The largest absolute Gasteiger partial charge is 0.235 e. The Labute approximate surface area is 100 Å². The summed E-state index contributed by atoms with van der Waals surface area (Å²) in [4.78, 5) is 14.6. The van der Waals surface area contributed by atoms with Crippen LogP contribution in [-0.4, -0.2) is 6.08 Å². The Bertz CT molecular complexity index is 443. The minimum absolute atomic E-state index is 0.410. The minimum atomic E-state index is -0.410. The van der Waals surface area contributed by atoms with Crippen molar-refractivity contribution in [2.75, 3.05) is 0 Å². The molecule has 0 atom stereocenters. The Hall–Kier alpha value is -1.11. The van der Waals surface area contributed by atoms with Gasteiger partial charge < -0.3 is 0 Å². The number of halogens is 1. The molecule has 0 aromatic heterocycles. The van der Waals surface area contributed by atoms with E-state index in [4.69, 9.17) is 11.6 Å². The molecule has 1 aromatic rings. The fourth-order valence-electron chi connectivity index (χ4n) is 2.49. The highest BCUT2D eigenvalue weighted by Crippen LogP contribution is 2.44. The van der Waals surface area contributed by atoms with Gasteiger partial charge in [-0.15, -0.1) is 0 Å². The summed E-state index contributed by atoms with van der Waals surface area (Å²) < 4.78 is 0. The molecule has 2 rings (SSSR count). The summed E-state index contributed by atoms with van der Waals surface area (Å²) in [6, 6.07) is 5.93. The lowest BCUT2D eigenvalue weighted by atomic mass is 9.88. The van der Waals surface area contributed by atoms with E-state index < -0.39 is 5.54 Å². The van der Waals surface area contributed by atoms with Crippen molar-refractivity contribution in [3.63, 3.8) is 0 Å². The van der Waals surface area contributed by atoms with Crippen LogP contribution >= 0.6 is 11.6 Å². The molecule has 0 radical (unpaired) electrons. The number of rotatable bonds is 2. The zero-order valence-corrected chi connectivity index (χ0v) is 10.0. The smallest absolute Gasteiger partial charge is 0.211 e. The van der Waals surface area contributed by atoms with Crippen molar-refractivity contribution in [3.05, 3.63) is 34.3 Å². The first-order chi connectivity index (χ1) is 7.68. The number of hydrogen-bond acceptors (Lipinski definition) is 2. The van der Waals surface area contributed by atoms with Gasteiger partial charge in [0.15, 0.2) is 0 Å². The summed E-state index contributed by atoms with van der Waals surface area (Å²) in [5, 5.41) is 0.709. The van der Waals surface area contributed by atoms with Gasteiger partial charge in [-0.3, -0.25) is 0 Å². The van der Waals surface area contributed by atoms with Crippen molar-refractivity contribution in [2.24, 2.45) is 4.99 Å². The van der Waals surface area contributed by atoms with E-state index in [1.165, 1.54) is 0 Å². The number of nitrogens with zero attached hydrogens (tertiary/aromatic N) is 1. The molecule has 0 unspecified atom stereocenters. The van der Waals surface area contributed by atoms with E-state index in [2.05, 4.69) is 4.99 Å². The summed E-state index contributed by atoms with van der Waals surface area (Å²) in [6.45, 7) is 2.00. The van der Waals surface area contributed by atoms with Gasteiger partial charge >= 0.3 is 0 Å². The van der Waals surface area contributed by atoms with Gasteiger partial charge in [-0.05, 0) is 37.0 Å². The molecule has 84 valence electrons. The lowest BCUT2D eigenvalue weighted by Gasteiger charge is -2.24. The molecule has 1 aromatic carbocycles. The maximum atomic E-state index is 10.6. The lowest BCUT2D eigenvalue weighted by molar-refractivity contribution is 0.456. The SMILES string of the molecule is Cc1ccc(C2(N=C=O)CCCC2)c(Cl)c1. The third kappa shape index (κ3) is 1.91. The molecule has 0 N–H and O–H groups in total. The molecule has 0 spiro atoms. The second-order valence-corrected chi connectivity index (χ2v) is 4.83. The molecule has 16 heavy (non-hydrogen) atoms. The van der Waals surface area contributed by atoms with Crippen LogP contribution in [0.3, 0.4) is 0 Å². The van der Waals surface area contributed by atoms with Crippen molar-refractivity contribution in [2.45, 2.75) is 38.1 Å². The van der Waals surface area contributed by atoms with Crippen molar-refractivity contribution in [1.29, 1.82) is 0 Å². The first kappa shape index (κ1) is 11.4. The van der Waals surface area contributed by atoms with E-state index in [1.807, 2.05) is 25.1 Å². The van der Waals surface area contributed by atoms with E-state index >= 15 is 0 Å². The Morgan fingerprint density at radius 1 is 1.38 bits per heavy atom. The lowest BCUT2D eigenvalue weighted by Crippen LogP contribution is -2.19. The van der Waals surface area contributed by atoms with Crippen LogP contribution in [-0.2, 0) is 10.3 Å². The first-order valence-electron chi connectivity index (χ1n) is 5.54. The molecule has 0 heterocycles. The Balaban J connectivity index is 2.51. The molecule has 1 fully saturated rings. The Morgan fingerprint density at radius 3 is 2.62 bits per heavy atom. The van der Waals surface area contributed by atoms with Crippen molar-refractivity contribution in [3.8, 4) is 0 Å². The molecular weight excluding hydrogens is 222 g/mol. The number of hydrogen-bond donors (Lipinski definition) is 0. The maximum absolute atomic E-state index is 10.6. The topological polar surface area (TPSA) is 29.4 Å². The van der Waals surface area contributed by atoms with Crippen LogP contribution in [0.15, 0.2) is 23.2 Å². The fourth-order valence-corrected chi connectivity index (χ4v) is 2.90. The molecule has 1 saturated carbocycles. The highest BCUT2D eigenvalue weighted by atomic mass is 35.5. The standard InChI is InChI=1S/C13H14ClNO/c1-10-4-5-11(12(14)8-10)13(15-9-16)6-2-3-7-13/h4-5,8H,2-3,6-7H2,1H3. The molecule has 0 bridgehead atoms. The van der Waals surface area contributed by atoms with Gasteiger partial charge in [-0.2, -0.15) is 4.99 Å². The van der Waals surface area contributed by atoms with Crippen LogP contribution in [0.1, 0.15) is 36.8 Å². The van der Waals surface area contributed by atoms with Crippen LogP contribution < -0.4 is 0 Å². The predicted molar refractivity (Wildman–Crippen MR) is 64.5 cm³/mol. The maximum Gasteiger partial charge on any atom is 0.235 e. The van der Waals surface area contributed by atoms with Crippen molar-refractivity contribution in [1.82, 2.24) is 0 Å². The molecule has 0 aliphatic heterocycles. The van der Waals surface area contributed by atoms with Crippen LogP contribution in [0.2, 0.25) is 5.02 Å². The number of aliphatic imine (C=N–C) groups is 1. The van der Waals surface area contributed by atoms with E-state index in [1.54, 1.807) is 6.08 Å². The number of carbonyl (C=O) groups excluding carboxylic acids is 1.